The quantitative estimate of drug-likeness (QED) is 0.585. The highest BCUT2D eigenvalue weighted by atomic mass is 32.2. The molecule has 5 nitrogen and oxygen atoms in total. The molecule has 0 spiro atoms. The van der Waals surface area contributed by atoms with Crippen molar-refractivity contribution < 1.29 is 13.2 Å². The first-order valence-corrected chi connectivity index (χ1v) is 12.1. The first-order chi connectivity index (χ1) is 13.6. The van der Waals surface area contributed by atoms with E-state index in [0.29, 0.717) is 22.8 Å². The van der Waals surface area contributed by atoms with Crippen LogP contribution < -0.4 is 4.80 Å². The maximum atomic E-state index is 12.7. The third-order valence-corrected chi connectivity index (χ3v) is 8.15. The number of thiazole rings is 1. The van der Waals surface area contributed by atoms with Gasteiger partial charge in [0.05, 0.1) is 20.4 Å². The second kappa shape index (κ2) is 8.24. The number of sulfone groups is 1. The number of amides is 1. The monoisotopic (exact) mass is 430 g/mol. The Hall–Kier alpha value is -2.25. The van der Waals surface area contributed by atoms with Crippen molar-refractivity contribution in [2.24, 2.45) is 4.99 Å². The lowest BCUT2D eigenvalue weighted by Gasteiger charge is -2.07. The van der Waals surface area contributed by atoms with Crippen molar-refractivity contribution in [1.82, 2.24) is 4.57 Å². The minimum Gasteiger partial charge on any atom is -0.317 e. The average Bonchev–Trinajstić information content (AvgIpc) is 3.03. The first kappa shape index (κ1) is 21.5. The van der Waals surface area contributed by atoms with Crippen LogP contribution in [0.4, 0.5) is 0 Å². The second-order valence-corrected chi connectivity index (χ2v) is 11.1. The highest BCUT2D eigenvalue weighted by molar-refractivity contribution is 7.92. The zero-order valence-electron chi connectivity index (χ0n) is 17.3. The standard InChI is InChI=1S/C22H26N2O3S2/c1-6-24-19-12-9-17(14(2)3)13-20(19)28-22(24)23-21(25)16-7-10-18(11-8-16)29(26,27)15(4)5/h7-15H,6H2,1-5H3. The zero-order valence-corrected chi connectivity index (χ0v) is 19.0. The summed E-state index contributed by atoms with van der Waals surface area (Å²) < 4.78 is 27.6. The Labute approximate surface area is 175 Å². The second-order valence-electron chi connectivity index (χ2n) is 7.55. The highest BCUT2D eigenvalue weighted by Gasteiger charge is 2.19. The van der Waals surface area contributed by atoms with Crippen molar-refractivity contribution in [2.45, 2.75) is 57.2 Å². The fraction of sp³-hybridized carbons (Fsp3) is 0.364. The average molecular weight is 431 g/mol. The maximum absolute atomic E-state index is 12.7. The summed E-state index contributed by atoms with van der Waals surface area (Å²) in [4.78, 5) is 17.9. The number of hydrogen-bond acceptors (Lipinski definition) is 4. The topological polar surface area (TPSA) is 68.5 Å². The SMILES string of the molecule is CCn1c(=NC(=O)c2ccc(S(=O)(=O)C(C)C)cc2)sc2cc(C(C)C)ccc21. The van der Waals surface area contributed by atoms with Gasteiger partial charge in [-0.1, -0.05) is 31.3 Å². The lowest BCUT2D eigenvalue weighted by atomic mass is 10.0. The molecule has 1 heterocycles. The summed E-state index contributed by atoms with van der Waals surface area (Å²) >= 11 is 1.49. The summed E-state index contributed by atoms with van der Waals surface area (Å²) in [7, 11) is -3.36. The van der Waals surface area contributed by atoms with E-state index in [4.69, 9.17) is 0 Å². The van der Waals surface area contributed by atoms with Crippen molar-refractivity contribution in [2.75, 3.05) is 0 Å². The van der Waals surface area contributed by atoms with Gasteiger partial charge in [-0.15, -0.1) is 0 Å². The van der Waals surface area contributed by atoms with E-state index in [-0.39, 0.29) is 10.8 Å². The van der Waals surface area contributed by atoms with Crippen molar-refractivity contribution in [3.05, 3.63) is 58.4 Å². The summed E-state index contributed by atoms with van der Waals surface area (Å²) in [5.74, 6) is 0.0514. The molecule has 1 aromatic heterocycles. The van der Waals surface area contributed by atoms with E-state index < -0.39 is 15.1 Å². The Bertz CT molecular complexity index is 1220. The maximum Gasteiger partial charge on any atom is 0.279 e. The minimum atomic E-state index is -3.36. The largest absolute Gasteiger partial charge is 0.317 e. The van der Waals surface area contributed by atoms with Crippen LogP contribution in [0, 0.1) is 0 Å². The molecule has 0 N–H and O–H groups in total. The molecule has 0 atom stereocenters. The molecule has 0 radical (unpaired) electrons. The van der Waals surface area contributed by atoms with Crippen LogP contribution in [-0.2, 0) is 16.4 Å². The van der Waals surface area contributed by atoms with Gasteiger partial charge in [0.1, 0.15) is 0 Å². The van der Waals surface area contributed by atoms with Crippen molar-refractivity contribution in [1.29, 1.82) is 0 Å². The van der Waals surface area contributed by atoms with Crippen LogP contribution in [0.1, 0.15) is 56.5 Å². The molecular formula is C22H26N2O3S2. The molecule has 0 aliphatic heterocycles. The Kier molecular flexibility index (Phi) is 6.10. The first-order valence-electron chi connectivity index (χ1n) is 9.71. The van der Waals surface area contributed by atoms with E-state index >= 15 is 0 Å². The molecule has 0 bridgehead atoms. The summed E-state index contributed by atoms with van der Waals surface area (Å²) in [5, 5.41) is -0.508. The van der Waals surface area contributed by atoms with Crippen molar-refractivity contribution in [3.63, 3.8) is 0 Å². The van der Waals surface area contributed by atoms with Gasteiger partial charge in [0.25, 0.3) is 5.91 Å². The van der Waals surface area contributed by atoms with Gasteiger partial charge in [-0.2, -0.15) is 4.99 Å². The molecule has 29 heavy (non-hydrogen) atoms. The van der Waals surface area contributed by atoms with Crippen LogP contribution in [0.3, 0.4) is 0 Å². The third kappa shape index (κ3) is 4.21. The van der Waals surface area contributed by atoms with Gasteiger partial charge in [0.2, 0.25) is 0 Å². The fourth-order valence-corrected chi connectivity index (χ4v) is 5.25. The van der Waals surface area contributed by atoms with Gasteiger partial charge >= 0.3 is 0 Å². The predicted molar refractivity (Wildman–Crippen MR) is 118 cm³/mol. The smallest absolute Gasteiger partial charge is 0.279 e. The normalized spacial score (nSPS) is 13.0. The number of hydrogen-bond donors (Lipinski definition) is 0. The van der Waals surface area contributed by atoms with E-state index in [9.17, 15) is 13.2 Å². The molecule has 3 rings (SSSR count). The molecule has 1 amide bonds. The number of carbonyl (C=O) groups excluding carboxylic acids is 1. The summed E-state index contributed by atoms with van der Waals surface area (Å²) in [6.07, 6.45) is 0. The Balaban J connectivity index is 2.01. The Morgan fingerprint density at radius 1 is 1.07 bits per heavy atom. The van der Waals surface area contributed by atoms with E-state index in [1.807, 2.05) is 11.5 Å². The summed E-state index contributed by atoms with van der Waals surface area (Å²) in [6, 6.07) is 12.4. The molecule has 154 valence electrons. The lowest BCUT2D eigenvalue weighted by Crippen LogP contribution is -2.16. The fourth-order valence-electron chi connectivity index (χ4n) is 3.05. The van der Waals surface area contributed by atoms with Crippen molar-refractivity contribution in [3.8, 4) is 0 Å². The molecule has 0 aliphatic carbocycles. The third-order valence-electron chi connectivity index (χ3n) is 4.94. The van der Waals surface area contributed by atoms with E-state index in [1.165, 1.54) is 41.2 Å². The molecule has 0 unspecified atom stereocenters. The van der Waals surface area contributed by atoms with Crippen LogP contribution in [0.5, 0.6) is 0 Å². The van der Waals surface area contributed by atoms with Gasteiger partial charge in [-0.05, 0) is 68.7 Å². The van der Waals surface area contributed by atoms with Gasteiger partial charge in [0.15, 0.2) is 14.6 Å². The molecule has 7 heteroatoms. The zero-order chi connectivity index (χ0) is 21.3. The molecule has 0 saturated heterocycles. The number of carbonyl (C=O) groups is 1. The summed E-state index contributed by atoms with van der Waals surface area (Å²) in [6.45, 7) is 10.3. The molecule has 0 saturated carbocycles. The van der Waals surface area contributed by atoms with Crippen LogP contribution in [0.25, 0.3) is 10.2 Å². The number of benzene rings is 2. The summed E-state index contributed by atoms with van der Waals surface area (Å²) in [5.41, 5.74) is 2.68. The van der Waals surface area contributed by atoms with Gasteiger partial charge < -0.3 is 4.57 Å². The number of aromatic nitrogens is 1. The van der Waals surface area contributed by atoms with E-state index in [1.54, 1.807) is 13.8 Å². The van der Waals surface area contributed by atoms with Crippen LogP contribution >= 0.6 is 11.3 Å². The minimum absolute atomic E-state index is 0.218. The highest BCUT2D eigenvalue weighted by Crippen LogP contribution is 2.24. The number of nitrogens with zero attached hydrogens (tertiary/aromatic N) is 2. The molecule has 3 aromatic rings. The Morgan fingerprint density at radius 2 is 1.72 bits per heavy atom. The van der Waals surface area contributed by atoms with Crippen molar-refractivity contribution >= 4 is 37.3 Å². The predicted octanol–water partition coefficient (Wildman–Crippen LogP) is 4.77. The van der Waals surface area contributed by atoms with E-state index in [0.717, 1.165) is 10.2 Å². The van der Waals surface area contributed by atoms with Crippen LogP contribution in [0.15, 0.2) is 52.4 Å². The van der Waals surface area contributed by atoms with Crippen LogP contribution in [0.2, 0.25) is 0 Å². The lowest BCUT2D eigenvalue weighted by molar-refractivity contribution is 0.0997. The van der Waals surface area contributed by atoms with Gasteiger partial charge in [0, 0.05) is 12.1 Å². The molecular weight excluding hydrogens is 404 g/mol. The van der Waals surface area contributed by atoms with Gasteiger partial charge in [-0.25, -0.2) is 8.42 Å². The Morgan fingerprint density at radius 3 is 2.28 bits per heavy atom. The number of fused-ring (bicyclic) bond motifs is 1. The number of aryl methyl sites for hydroxylation is 1. The molecule has 2 aromatic carbocycles. The van der Waals surface area contributed by atoms with E-state index in [2.05, 4.69) is 37.0 Å². The number of rotatable bonds is 5. The van der Waals surface area contributed by atoms with Crippen LogP contribution in [-0.4, -0.2) is 24.1 Å². The molecule has 0 fully saturated rings. The van der Waals surface area contributed by atoms with Gasteiger partial charge in [-0.3, -0.25) is 4.79 Å². The molecule has 0 aliphatic rings.